The molecule has 1 aliphatic rings. The topological polar surface area (TPSA) is 108 Å². The van der Waals surface area contributed by atoms with Crippen molar-refractivity contribution >= 4 is 21.6 Å². The Kier molecular flexibility index (Phi) is 9.78. The number of hydrogen-bond donors (Lipinski definition) is 4. The van der Waals surface area contributed by atoms with E-state index < -0.39 is 39.3 Å². The molecule has 39 heavy (non-hydrogen) atoms. The summed E-state index contributed by atoms with van der Waals surface area (Å²) in [6, 6.07) is 8.17. The second-order valence-corrected chi connectivity index (χ2v) is 13.6. The van der Waals surface area contributed by atoms with Crippen molar-refractivity contribution in [1.29, 1.82) is 0 Å². The molecule has 1 aliphatic carbocycles. The highest BCUT2D eigenvalue weighted by Gasteiger charge is 2.36. The van der Waals surface area contributed by atoms with Crippen molar-refractivity contribution in [2.24, 2.45) is 0 Å². The summed E-state index contributed by atoms with van der Waals surface area (Å²) >= 11 is 0. The minimum atomic E-state index is -3.50. The van der Waals surface area contributed by atoms with Gasteiger partial charge in [0.15, 0.2) is 0 Å². The van der Waals surface area contributed by atoms with Crippen molar-refractivity contribution < 1.29 is 27.1 Å². The van der Waals surface area contributed by atoms with Crippen LogP contribution >= 0.6 is 0 Å². The quantitative estimate of drug-likeness (QED) is 0.340. The molecule has 1 fully saturated rings. The number of amides is 1. The summed E-state index contributed by atoms with van der Waals surface area (Å²) in [5, 5.41) is 17.5. The molecule has 1 amide bonds. The molecule has 0 saturated heterocycles. The minimum absolute atomic E-state index is 0.0477. The van der Waals surface area contributed by atoms with E-state index in [4.69, 9.17) is 0 Å². The largest absolute Gasteiger partial charge is 0.390 e. The van der Waals surface area contributed by atoms with Crippen LogP contribution in [0.5, 0.6) is 0 Å². The first-order valence-corrected chi connectivity index (χ1v) is 15.2. The maximum atomic E-state index is 13.8. The van der Waals surface area contributed by atoms with Crippen LogP contribution in [0.2, 0.25) is 0 Å². The van der Waals surface area contributed by atoms with Crippen LogP contribution in [0.15, 0.2) is 36.4 Å². The number of sulfonamides is 1. The minimum Gasteiger partial charge on any atom is -0.390 e. The van der Waals surface area contributed by atoms with Crippen LogP contribution in [0.4, 0.5) is 14.5 Å². The van der Waals surface area contributed by atoms with Crippen molar-refractivity contribution in [3.05, 3.63) is 64.7 Å². The van der Waals surface area contributed by atoms with Gasteiger partial charge in [-0.25, -0.2) is 17.2 Å². The fraction of sp³-hybridized carbons (Fsp3) is 0.552. The van der Waals surface area contributed by atoms with Crippen molar-refractivity contribution in [2.45, 2.75) is 89.3 Å². The third-order valence-electron chi connectivity index (χ3n) is 7.24. The number of benzene rings is 2. The molecular formula is C29H41F2N3O4S. The molecule has 2 aromatic carbocycles. The number of aliphatic hydroxyl groups excluding tert-OH is 1. The highest BCUT2D eigenvalue weighted by molar-refractivity contribution is 7.92. The fourth-order valence-electron chi connectivity index (χ4n) is 5.30. The second kappa shape index (κ2) is 12.3. The Hall–Kier alpha value is -2.56. The Morgan fingerprint density at radius 3 is 2.18 bits per heavy atom. The van der Waals surface area contributed by atoms with E-state index in [0.29, 0.717) is 11.3 Å². The Morgan fingerprint density at radius 2 is 1.64 bits per heavy atom. The van der Waals surface area contributed by atoms with Gasteiger partial charge in [-0.1, -0.05) is 46.1 Å². The zero-order chi connectivity index (χ0) is 29.0. The summed E-state index contributed by atoms with van der Waals surface area (Å²) in [5.41, 5.74) is 1.94. The molecule has 4 N–H and O–H groups in total. The third-order valence-corrected chi connectivity index (χ3v) is 7.85. The van der Waals surface area contributed by atoms with Gasteiger partial charge in [-0.15, -0.1) is 0 Å². The van der Waals surface area contributed by atoms with E-state index in [1.807, 2.05) is 12.1 Å². The van der Waals surface area contributed by atoms with Gasteiger partial charge in [0.2, 0.25) is 15.9 Å². The van der Waals surface area contributed by atoms with Gasteiger partial charge in [0.1, 0.15) is 11.6 Å². The van der Waals surface area contributed by atoms with E-state index in [2.05, 4.69) is 42.2 Å². The van der Waals surface area contributed by atoms with Gasteiger partial charge in [-0.05, 0) is 65.6 Å². The lowest BCUT2D eigenvalue weighted by Gasteiger charge is -2.41. The summed E-state index contributed by atoms with van der Waals surface area (Å²) < 4.78 is 54.3. The van der Waals surface area contributed by atoms with Gasteiger partial charge in [-0.3, -0.25) is 9.52 Å². The Morgan fingerprint density at radius 1 is 1.03 bits per heavy atom. The van der Waals surface area contributed by atoms with Gasteiger partial charge in [0.05, 0.1) is 18.4 Å². The van der Waals surface area contributed by atoms with E-state index in [1.54, 1.807) is 0 Å². The van der Waals surface area contributed by atoms with E-state index in [1.165, 1.54) is 19.1 Å². The maximum Gasteiger partial charge on any atom is 0.229 e. The Labute approximate surface area is 230 Å². The molecule has 0 unspecified atom stereocenters. The summed E-state index contributed by atoms with van der Waals surface area (Å²) in [6.07, 6.45) is 4.65. The number of halogens is 2. The van der Waals surface area contributed by atoms with Crippen LogP contribution < -0.4 is 15.4 Å². The van der Waals surface area contributed by atoms with Crippen molar-refractivity contribution in [3.8, 4) is 0 Å². The van der Waals surface area contributed by atoms with Crippen LogP contribution in [-0.2, 0) is 32.2 Å². The summed E-state index contributed by atoms with van der Waals surface area (Å²) in [4.78, 5) is 11.9. The van der Waals surface area contributed by atoms with Crippen molar-refractivity contribution in [1.82, 2.24) is 10.6 Å². The number of aliphatic hydroxyl groups is 1. The zero-order valence-corrected chi connectivity index (χ0v) is 24.2. The van der Waals surface area contributed by atoms with E-state index in [-0.39, 0.29) is 24.3 Å². The van der Waals surface area contributed by atoms with E-state index in [0.717, 1.165) is 55.6 Å². The molecule has 2 atom stereocenters. The number of carbonyl (C=O) groups is 1. The van der Waals surface area contributed by atoms with Crippen LogP contribution in [0.1, 0.15) is 76.5 Å². The SMILES string of the molecule is CC(=O)N[C@@H](Cc1cc(F)cc(F)c1)[C@H](O)CNC1(c2cc(NS(C)(=O)=O)cc(C(C)(C)C)c2)CCCCC1. The monoisotopic (exact) mass is 565 g/mol. The first kappa shape index (κ1) is 31.0. The maximum absolute atomic E-state index is 13.8. The van der Waals surface area contributed by atoms with Crippen molar-refractivity contribution in [2.75, 3.05) is 17.5 Å². The zero-order valence-electron chi connectivity index (χ0n) is 23.4. The van der Waals surface area contributed by atoms with Gasteiger partial charge in [0.25, 0.3) is 0 Å². The highest BCUT2D eigenvalue weighted by Crippen LogP contribution is 2.40. The van der Waals surface area contributed by atoms with Crippen LogP contribution in [-0.4, -0.2) is 44.4 Å². The highest BCUT2D eigenvalue weighted by atomic mass is 32.2. The normalized spacial score (nSPS) is 17.3. The molecule has 0 bridgehead atoms. The molecule has 1 saturated carbocycles. The molecule has 0 radical (unpaired) electrons. The molecule has 0 spiro atoms. The number of nitrogens with one attached hydrogen (secondary N) is 3. The van der Waals surface area contributed by atoms with Gasteiger partial charge >= 0.3 is 0 Å². The predicted octanol–water partition coefficient (Wildman–Crippen LogP) is 4.49. The van der Waals surface area contributed by atoms with E-state index >= 15 is 0 Å². The summed E-state index contributed by atoms with van der Waals surface area (Å²) in [6.45, 7) is 7.63. The number of anilines is 1. The molecule has 2 aromatic rings. The lowest BCUT2D eigenvalue weighted by atomic mass is 9.74. The third kappa shape index (κ3) is 8.98. The number of rotatable bonds is 10. The lowest BCUT2D eigenvalue weighted by Crippen LogP contribution is -2.53. The van der Waals surface area contributed by atoms with E-state index in [9.17, 15) is 27.1 Å². The smallest absolute Gasteiger partial charge is 0.229 e. The first-order chi connectivity index (χ1) is 18.1. The van der Waals surface area contributed by atoms with Crippen LogP contribution in [0.3, 0.4) is 0 Å². The number of carbonyl (C=O) groups excluding carboxylic acids is 1. The molecule has 0 aromatic heterocycles. The standard InChI is InChI=1S/C29H41F2N3O4S/c1-19(35)33-26(13-20-11-23(30)17-24(31)12-20)27(36)18-32-29(9-7-6-8-10-29)22-14-21(28(2,3)4)15-25(16-22)34-39(5,37)38/h11-12,14-17,26-27,32,34,36H,6-10,13,18H2,1-5H3,(H,33,35)/t26-,27+/m0/s1. The lowest BCUT2D eigenvalue weighted by molar-refractivity contribution is -0.120. The summed E-state index contributed by atoms with van der Waals surface area (Å²) in [7, 11) is -3.50. The Balaban J connectivity index is 1.92. The second-order valence-electron chi connectivity index (χ2n) is 11.8. The fourth-order valence-corrected chi connectivity index (χ4v) is 5.85. The van der Waals surface area contributed by atoms with Crippen LogP contribution in [0.25, 0.3) is 0 Å². The molecular weight excluding hydrogens is 524 g/mol. The first-order valence-electron chi connectivity index (χ1n) is 13.4. The molecule has 0 aliphatic heterocycles. The van der Waals surface area contributed by atoms with Crippen molar-refractivity contribution in [3.63, 3.8) is 0 Å². The molecule has 7 nitrogen and oxygen atoms in total. The predicted molar refractivity (Wildman–Crippen MR) is 150 cm³/mol. The van der Waals surface area contributed by atoms with Gasteiger partial charge in [-0.2, -0.15) is 0 Å². The average Bonchev–Trinajstić information content (AvgIpc) is 2.80. The Bertz CT molecular complexity index is 1250. The number of hydrogen-bond acceptors (Lipinski definition) is 5. The molecule has 10 heteroatoms. The molecule has 0 heterocycles. The molecule has 216 valence electrons. The van der Waals surface area contributed by atoms with Gasteiger partial charge < -0.3 is 15.7 Å². The average molecular weight is 566 g/mol. The van der Waals surface area contributed by atoms with Gasteiger partial charge in [0, 0.05) is 30.8 Å². The summed E-state index contributed by atoms with van der Waals surface area (Å²) in [5.74, 6) is -1.81. The van der Waals surface area contributed by atoms with Crippen LogP contribution in [0, 0.1) is 11.6 Å². The molecule has 3 rings (SSSR count).